The second-order valence-electron chi connectivity index (χ2n) is 11.6. The maximum absolute atomic E-state index is 15.9. The van der Waals surface area contributed by atoms with Crippen LogP contribution in [0.25, 0.3) is 28.0 Å². The average Bonchev–Trinajstić information content (AvgIpc) is 2.99. The highest BCUT2D eigenvalue weighted by Crippen LogP contribution is 2.37. The van der Waals surface area contributed by atoms with Crippen molar-refractivity contribution >= 4 is 34.1 Å². The van der Waals surface area contributed by atoms with E-state index in [2.05, 4.69) is 21.9 Å². The molecule has 0 saturated carbocycles. The highest BCUT2D eigenvalue weighted by molar-refractivity contribution is 5.92. The van der Waals surface area contributed by atoms with Gasteiger partial charge in [0.05, 0.1) is 22.7 Å². The van der Waals surface area contributed by atoms with Crippen LogP contribution in [0, 0.1) is 35.0 Å². The van der Waals surface area contributed by atoms with Gasteiger partial charge in [-0.1, -0.05) is 20.4 Å². The Kier molecular flexibility index (Phi) is 8.19. The van der Waals surface area contributed by atoms with Crippen LogP contribution in [-0.2, 0) is 4.79 Å². The SMILES string of the molecule is C=CC(=O)N1[C@H](C)CN(c2nc(=O)n(C3=C(C)C=CN[C@@H]3C(C)C)c3nc(-c4c(F)c(N)c(F)c(F)c4F)c(F)cc23)C[C@@H]1C. The number of nitrogens with two attached hydrogens (primary N) is 1. The standard InChI is InChI=1S/C31H32F5N7O2/c1-7-19(44)42-15(5)11-41(12-16(42)6)29-17-10-18(32)27(20-21(33)23(35)24(36)25(37)22(20)34)39-30(17)43(31(45)40-29)28-14(4)8-9-38-26(28)13(2)3/h7-10,13,15-16,26,38H,1,11-12,37H2,2-6H3/t15-,16+,26-/m1/s1. The van der Waals surface area contributed by atoms with Crippen molar-refractivity contribution in [2.24, 2.45) is 5.92 Å². The molecule has 0 radical (unpaired) electrons. The molecular weight excluding hydrogens is 597 g/mol. The lowest BCUT2D eigenvalue weighted by Crippen LogP contribution is -2.58. The number of nitrogens with zero attached hydrogens (tertiary/aromatic N) is 5. The highest BCUT2D eigenvalue weighted by Gasteiger charge is 2.36. The Morgan fingerprint density at radius 1 is 1.07 bits per heavy atom. The third kappa shape index (κ3) is 5.11. The van der Waals surface area contributed by atoms with Gasteiger partial charge in [0, 0.05) is 25.2 Å². The fraction of sp³-hybridized carbons (Fsp3) is 0.355. The maximum atomic E-state index is 15.9. The van der Waals surface area contributed by atoms with Gasteiger partial charge in [-0.3, -0.25) is 4.79 Å². The monoisotopic (exact) mass is 629 g/mol. The zero-order valence-corrected chi connectivity index (χ0v) is 25.3. The normalized spacial score (nSPS) is 20.3. The minimum atomic E-state index is -2.10. The molecule has 0 unspecified atom stereocenters. The van der Waals surface area contributed by atoms with Gasteiger partial charge in [0.2, 0.25) is 5.91 Å². The van der Waals surface area contributed by atoms with E-state index in [1.165, 1.54) is 6.08 Å². The van der Waals surface area contributed by atoms with Crippen molar-refractivity contribution in [2.75, 3.05) is 23.7 Å². The number of piperazine rings is 1. The molecule has 1 aromatic carbocycles. The summed E-state index contributed by atoms with van der Waals surface area (Å²) in [6.07, 6.45) is 4.62. The Morgan fingerprint density at radius 2 is 1.71 bits per heavy atom. The molecule has 3 atom stereocenters. The molecule has 3 N–H and O–H groups in total. The summed E-state index contributed by atoms with van der Waals surface area (Å²) in [5.74, 6) is -9.48. The lowest BCUT2D eigenvalue weighted by molar-refractivity contribution is -0.130. The molecule has 5 rings (SSSR count). The number of aromatic nitrogens is 3. The molecule has 14 heteroatoms. The third-order valence-electron chi connectivity index (χ3n) is 8.20. The second-order valence-corrected chi connectivity index (χ2v) is 11.6. The molecule has 3 aromatic rings. The number of fused-ring (bicyclic) bond motifs is 1. The van der Waals surface area contributed by atoms with Crippen LogP contribution in [0.15, 0.2) is 41.4 Å². The van der Waals surface area contributed by atoms with Crippen LogP contribution in [0.1, 0.15) is 34.6 Å². The first-order valence-corrected chi connectivity index (χ1v) is 14.3. The lowest BCUT2D eigenvalue weighted by Gasteiger charge is -2.44. The van der Waals surface area contributed by atoms with E-state index in [9.17, 15) is 18.4 Å². The zero-order valence-electron chi connectivity index (χ0n) is 25.3. The van der Waals surface area contributed by atoms with Crippen molar-refractivity contribution in [3.63, 3.8) is 0 Å². The zero-order chi connectivity index (χ0) is 33.1. The fourth-order valence-corrected chi connectivity index (χ4v) is 6.14. The number of halogens is 5. The van der Waals surface area contributed by atoms with E-state index in [1.54, 1.807) is 42.8 Å². The highest BCUT2D eigenvalue weighted by atomic mass is 19.2. The van der Waals surface area contributed by atoms with Gasteiger partial charge < -0.3 is 20.9 Å². The van der Waals surface area contributed by atoms with E-state index >= 15 is 13.2 Å². The number of allylic oxidation sites excluding steroid dienone is 2. The largest absolute Gasteiger partial charge is 0.394 e. The first-order valence-electron chi connectivity index (χ1n) is 14.3. The molecule has 2 aromatic heterocycles. The summed E-state index contributed by atoms with van der Waals surface area (Å²) < 4.78 is 75.7. The first-order chi connectivity index (χ1) is 21.2. The van der Waals surface area contributed by atoms with Crippen molar-refractivity contribution in [3.05, 3.63) is 76.1 Å². The van der Waals surface area contributed by atoms with Crippen LogP contribution < -0.4 is 21.6 Å². The number of nitrogens with one attached hydrogen (secondary N) is 1. The Hall–Kier alpha value is -4.75. The molecule has 238 valence electrons. The van der Waals surface area contributed by atoms with Crippen molar-refractivity contribution in [1.29, 1.82) is 0 Å². The van der Waals surface area contributed by atoms with Crippen LogP contribution >= 0.6 is 0 Å². The van der Waals surface area contributed by atoms with Crippen LogP contribution in [0.3, 0.4) is 0 Å². The Balaban J connectivity index is 1.85. The summed E-state index contributed by atoms with van der Waals surface area (Å²) in [6.45, 7) is 13.1. The molecule has 1 saturated heterocycles. The predicted octanol–water partition coefficient (Wildman–Crippen LogP) is 4.72. The average molecular weight is 630 g/mol. The van der Waals surface area contributed by atoms with Gasteiger partial charge >= 0.3 is 5.69 Å². The number of hydrogen-bond acceptors (Lipinski definition) is 7. The molecule has 2 aliphatic heterocycles. The van der Waals surface area contributed by atoms with Crippen molar-refractivity contribution < 1.29 is 26.7 Å². The number of dihydropyridines is 1. The molecule has 1 fully saturated rings. The van der Waals surface area contributed by atoms with Crippen molar-refractivity contribution in [3.8, 4) is 11.3 Å². The van der Waals surface area contributed by atoms with Crippen molar-refractivity contribution in [2.45, 2.75) is 52.7 Å². The molecule has 0 aliphatic carbocycles. The summed E-state index contributed by atoms with van der Waals surface area (Å²) in [5.41, 5.74) is 1.63. The molecule has 0 bridgehead atoms. The smallest absolute Gasteiger partial charge is 0.355 e. The van der Waals surface area contributed by atoms with Crippen molar-refractivity contribution in [1.82, 2.24) is 24.8 Å². The predicted molar refractivity (Wildman–Crippen MR) is 161 cm³/mol. The number of anilines is 2. The molecule has 9 nitrogen and oxygen atoms in total. The number of rotatable bonds is 5. The summed E-state index contributed by atoms with van der Waals surface area (Å²) in [4.78, 5) is 38.4. The number of nitrogen functional groups attached to an aromatic ring is 1. The first kappa shape index (κ1) is 31.7. The molecular formula is C31H32F5N7O2. The summed E-state index contributed by atoms with van der Waals surface area (Å²) in [5, 5.41) is 3.19. The second kappa shape index (κ2) is 11.6. The van der Waals surface area contributed by atoms with Gasteiger partial charge in [-0.25, -0.2) is 36.3 Å². The third-order valence-corrected chi connectivity index (χ3v) is 8.20. The number of carbonyl (C=O) groups excluding carboxylic acids is 1. The van der Waals surface area contributed by atoms with E-state index in [0.717, 1.165) is 10.6 Å². The Labute approximate surface area is 255 Å². The molecule has 1 amide bonds. The van der Waals surface area contributed by atoms with E-state index in [1.807, 2.05) is 13.8 Å². The van der Waals surface area contributed by atoms with Gasteiger partial charge in [-0.05, 0) is 56.7 Å². The quantitative estimate of drug-likeness (QED) is 0.138. The van der Waals surface area contributed by atoms with Gasteiger partial charge in [-0.15, -0.1) is 0 Å². The molecule has 0 spiro atoms. The summed E-state index contributed by atoms with van der Waals surface area (Å²) in [6, 6.07) is -0.298. The molecule has 45 heavy (non-hydrogen) atoms. The van der Waals surface area contributed by atoms with Gasteiger partial charge in [0.25, 0.3) is 0 Å². The van der Waals surface area contributed by atoms with E-state index in [0.29, 0.717) is 11.3 Å². The van der Waals surface area contributed by atoms with Crippen LogP contribution in [-0.4, -0.2) is 56.6 Å². The number of hydrogen-bond donors (Lipinski definition) is 2. The molecule has 4 heterocycles. The minimum Gasteiger partial charge on any atom is -0.394 e. The van der Waals surface area contributed by atoms with Crippen LogP contribution in [0.5, 0.6) is 0 Å². The van der Waals surface area contributed by atoms with Gasteiger partial charge in [0.15, 0.2) is 34.7 Å². The number of pyridine rings is 1. The Morgan fingerprint density at radius 3 is 2.31 bits per heavy atom. The minimum absolute atomic E-state index is 0.00692. The van der Waals surface area contributed by atoms with Gasteiger partial charge in [0.1, 0.15) is 17.2 Å². The van der Waals surface area contributed by atoms with E-state index in [4.69, 9.17) is 5.73 Å². The summed E-state index contributed by atoms with van der Waals surface area (Å²) in [7, 11) is 0. The van der Waals surface area contributed by atoms with Gasteiger partial charge in [-0.2, -0.15) is 4.98 Å². The van der Waals surface area contributed by atoms with E-state index < -0.39 is 57.8 Å². The Bertz CT molecular complexity index is 1830. The topological polar surface area (TPSA) is 109 Å². The van der Waals surface area contributed by atoms with E-state index in [-0.39, 0.29) is 53.8 Å². The fourth-order valence-electron chi connectivity index (χ4n) is 6.14. The maximum Gasteiger partial charge on any atom is 0.355 e. The number of benzene rings is 1. The van der Waals surface area contributed by atoms with Crippen LogP contribution in [0.4, 0.5) is 33.5 Å². The van der Waals surface area contributed by atoms with Crippen LogP contribution in [0.2, 0.25) is 0 Å². The molecule has 2 aliphatic rings. The summed E-state index contributed by atoms with van der Waals surface area (Å²) >= 11 is 0. The lowest BCUT2D eigenvalue weighted by atomic mass is 9.95. The number of amides is 1. The number of carbonyl (C=O) groups is 1.